The summed E-state index contributed by atoms with van der Waals surface area (Å²) in [6, 6.07) is 8.36. The zero-order valence-electron chi connectivity index (χ0n) is 16.1. The zero-order valence-corrected chi connectivity index (χ0v) is 17.8. The minimum Gasteiger partial charge on any atom is -0.344 e. The van der Waals surface area contributed by atoms with E-state index in [2.05, 4.69) is 23.1 Å². The second-order valence-electron chi connectivity index (χ2n) is 8.32. The first-order valence-corrected chi connectivity index (χ1v) is 12.6. The molecule has 1 saturated carbocycles. The van der Waals surface area contributed by atoms with Gasteiger partial charge >= 0.3 is 16.0 Å². The quantitative estimate of drug-likeness (QED) is 0.563. The molecule has 2 aromatic rings. The number of anilines is 1. The Kier molecular flexibility index (Phi) is 4.41. The van der Waals surface area contributed by atoms with Crippen LogP contribution in [0.15, 0.2) is 35.7 Å². The Bertz CT molecular complexity index is 1040. The maximum Gasteiger partial charge on any atom is 0.310 e. The Morgan fingerprint density at radius 1 is 1.21 bits per heavy atom. The van der Waals surface area contributed by atoms with Crippen molar-refractivity contribution >= 4 is 37.6 Å². The Hall–Kier alpha value is -1.64. The second-order valence-corrected chi connectivity index (χ2v) is 10.7. The highest BCUT2D eigenvalue weighted by molar-refractivity contribution is 7.86. The van der Waals surface area contributed by atoms with Gasteiger partial charge in [-0.1, -0.05) is 18.6 Å². The number of hydrogen-bond donors (Lipinski definition) is 0. The third kappa shape index (κ3) is 3.11. The van der Waals surface area contributed by atoms with E-state index in [-0.39, 0.29) is 0 Å². The number of quaternary nitrogens is 1. The van der Waals surface area contributed by atoms with Crippen molar-refractivity contribution in [3.05, 3.63) is 35.7 Å². The lowest BCUT2D eigenvalue weighted by atomic mass is 9.86. The summed E-state index contributed by atoms with van der Waals surface area (Å²) in [4.78, 5) is 2.35. The van der Waals surface area contributed by atoms with Gasteiger partial charge in [-0.15, -0.1) is 0 Å². The van der Waals surface area contributed by atoms with Crippen molar-refractivity contribution in [2.45, 2.75) is 25.7 Å². The Balaban J connectivity index is 1.43. The smallest absolute Gasteiger partial charge is 0.310 e. The maximum absolute atomic E-state index is 12.0. The molecule has 1 aliphatic carbocycles. The van der Waals surface area contributed by atoms with E-state index in [1.807, 2.05) is 6.07 Å². The summed E-state index contributed by atoms with van der Waals surface area (Å²) in [5.74, 6) is 2.29. The molecule has 1 saturated heterocycles. The minimum absolute atomic E-state index is 0.483. The van der Waals surface area contributed by atoms with E-state index in [1.165, 1.54) is 28.3 Å². The molecule has 1 spiro atoms. The van der Waals surface area contributed by atoms with E-state index < -0.39 is 10.1 Å². The molecular weight excluding hydrogens is 394 g/mol. The van der Waals surface area contributed by atoms with Gasteiger partial charge in [0.2, 0.25) is 0 Å². The molecule has 28 heavy (non-hydrogen) atoms. The molecule has 8 heteroatoms. The maximum atomic E-state index is 12.0. The van der Waals surface area contributed by atoms with E-state index in [0.717, 1.165) is 63.7 Å². The third-order valence-electron chi connectivity index (χ3n) is 6.50. The molecule has 2 fully saturated rings. The highest BCUT2D eigenvalue weighted by atomic mass is 32.2. The van der Waals surface area contributed by atoms with Gasteiger partial charge < -0.3 is 9.08 Å². The lowest BCUT2D eigenvalue weighted by Crippen LogP contribution is -2.59. The molecule has 1 aromatic carbocycles. The van der Waals surface area contributed by atoms with Crippen LogP contribution in [0.25, 0.3) is 10.1 Å². The van der Waals surface area contributed by atoms with E-state index in [0.29, 0.717) is 10.4 Å². The van der Waals surface area contributed by atoms with Crippen molar-refractivity contribution in [1.29, 1.82) is 0 Å². The predicted octanol–water partition coefficient (Wildman–Crippen LogP) is 3.32. The van der Waals surface area contributed by atoms with Gasteiger partial charge in [0.1, 0.15) is 13.1 Å². The Morgan fingerprint density at radius 2 is 2.00 bits per heavy atom. The van der Waals surface area contributed by atoms with Crippen LogP contribution < -0.4 is 4.90 Å². The minimum atomic E-state index is -3.52. The molecule has 5 rings (SSSR count). The van der Waals surface area contributed by atoms with Gasteiger partial charge in [0.25, 0.3) is 0 Å². The number of piperazine rings is 1. The Morgan fingerprint density at radius 3 is 2.79 bits per heavy atom. The van der Waals surface area contributed by atoms with E-state index in [9.17, 15) is 8.42 Å². The second kappa shape index (κ2) is 6.71. The highest BCUT2D eigenvalue weighted by Gasteiger charge is 2.51. The van der Waals surface area contributed by atoms with Crippen molar-refractivity contribution in [1.82, 2.24) is 4.37 Å². The first kappa shape index (κ1) is 18.4. The molecule has 1 aromatic heterocycles. The van der Waals surface area contributed by atoms with Gasteiger partial charge in [0.15, 0.2) is 5.82 Å². The SMILES string of the molecule is CS(=O)(=O)OC1=C2CCCCC2C[N+]12CCN(c1nsc3ccccc13)CC2. The summed E-state index contributed by atoms with van der Waals surface area (Å²) < 4.78 is 36.3. The molecule has 2 aliphatic heterocycles. The van der Waals surface area contributed by atoms with Gasteiger partial charge in [-0.25, -0.2) is 0 Å². The molecular formula is C20H26N3O3S2+. The van der Waals surface area contributed by atoms with Crippen LogP contribution >= 0.6 is 11.5 Å². The van der Waals surface area contributed by atoms with Crippen LogP contribution in [-0.4, -0.2) is 56.3 Å². The molecule has 1 unspecified atom stereocenters. The summed E-state index contributed by atoms with van der Waals surface area (Å²) in [6.45, 7) is 4.47. The van der Waals surface area contributed by atoms with E-state index in [4.69, 9.17) is 8.56 Å². The van der Waals surface area contributed by atoms with Crippen molar-refractivity contribution < 1.29 is 17.1 Å². The van der Waals surface area contributed by atoms with Gasteiger partial charge in [0, 0.05) is 16.9 Å². The van der Waals surface area contributed by atoms with Crippen LogP contribution in [0.1, 0.15) is 25.7 Å². The number of rotatable bonds is 3. The van der Waals surface area contributed by atoms with Crippen LogP contribution in [0.4, 0.5) is 5.82 Å². The molecule has 0 bridgehead atoms. The normalized spacial score (nSPS) is 24.8. The molecule has 0 amide bonds. The topological polar surface area (TPSA) is 59.5 Å². The average molecular weight is 421 g/mol. The van der Waals surface area contributed by atoms with Gasteiger partial charge in [-0.05, 0) is 42.9 Å². The lowest BCUT2D eigenvalue weighted by molar-refractivity contribution is -0.900. The third-order valence-corrected chi connectivity index (χ3v) is 7.78. The van der Waals surface area contributed by atoms with Gasteiger partial charge in [0.05, 0.1) is 30.6 Å². The number of benzene rings is 1. The fraction of sp³-hybridized carbons (Fsp3) is 0.550. The van der Waals surface area contributed by atoms with Gasteiger partial charge in [-0.2, -0.15) is 12.8 Å². The van der Waals surface area contributed by atoms with Crippen LogP contribution in [0.3, 0.4) is 0 Å². The molecule has 150 valence electrons. The van der Waals surface area contributed by atoms with Crippen molar-refractivity contribution in [2.75, 3.05) is 43.9 Å². The van der Waals surface area contributed by atoms with Crippen LogP contribution in [-0.2, 0) is 14.3 Å². The summed E-state index contributed by atoms with van der Waals surface area (Å²) in [6.07, 6.45) is 5.68. The largest absolute Gasteiger partial charge is 0.344 e. The molecule has 6 nitrogen and oxygen atoms in total. The summed E-state index contributed by atoms with van der Waals surface area (Å²) >= 11 is 1.55. The Labute approximate surface area is 170 Å². The summed E-state index contributed by atoms with van der Waals surface area (Å²) in [5.41, 5.74) is 1.27. The number of nitrogens with zero attached hydrogens (tertiary/aromatic N) is 3. The molecule has 0 N–H and O–H groups in total. The van der Waals surface area contributed by atoms with Gasteiger partial charge in [-0.3, -0.25) is 4.48 Å². The first-order chi connectivity index (χ1) is 13.5. The van der Waals surface area contributed by atoms with Crippen molar-refractivity contribution in [3.8, 4) is 0 Å². The van der Waals surface area contributed by atoms with Crippen LogP contribution in [0.2, 0.25) is 0 Å². The molecule has 1 atom stereocenters. The standard InChI is InChI=1S/C20H26N3O3S2/c1-28(24,25)26-20-16-7-3-2-6-15(16)14-23(20)12-10-22(11-13-23)19-17-8-4-5-9-18(17)27-21-19/h4-5,8-9,15H,2-3,6-7,10-14H2,1H3/q+1. The first-order valence-electron chi connectivity index (χ1n) is 10.0. The monoisotopic (exact) mass is 420 g/mol. The number of hydrogen-bond acceptors (Lipinski definition) is 6. The summed E-state index contributed by atoms with van der Waals surface area (Å²) in [5, 5.41) is 1.21. The van der Waals surface area contributed by atoms with E-state index in [1.54, 1.807) is 11.5 Å². The molecule has 3 aliphatic rings. The fourth-order valence-electron chi connectivity index (χ4n) is 5.20. The van der Waals surface area contributed by atoms with Crippen molar-refractivity contribution in [2.24, 2.45) is 5.92 Å². The van der Waals surface area contributed by atoms with Crippen LogP contribution in [0, 0.1) is 5.92 Å². The summed E-state index contributed by atoms with van der Waals surface area (Å²) in [7, 11) is -3.52. The fourth-order valence-corrected chi connectivity index (χ4v) is 6.55. The molecule has 0 radical (unpaired) electrons. The average Bonchev–Trinajstić information content (AvgIpc) is 3.22. The number of aromatic nitrogens is 1. The van der Waals surface area contributed by atoms with Crippen LogP contribution in [0.5, 0.6) is 0 Å². The zero-order chi connectivity index (χ0) is 19.4. The lowest BCUT2D eigenvalue weighted by Gasteiger charge is -2.42. The number of fused-ring (bicyclic) bond motifs is 2. The van der Waals surface area contributed by atoms with E-state index >= 15 is 0 Å². The highest BCUT2D eigenvalue weighted by Crippen LogP contribution is 2.45. The predicted molar refractivity (Wildman–Crippen MR) is 112 cm³/mol. The molecule has 3 heterocycles. The van der Waals surface area contributed by atoms with Crippen molar-refractivity contribution in [3.63, 3.8) is 0 Å².